The molecule has 4 aromatic rings. The van der Waals surface area contributed by atoms with Crippen LogP contribution in [0.25, 0.3) is 33.4 Å². The Morgan fingerprint density at radius 2 is 0.765 bits per heavy atom. The average Bonchev–Trinajstić information content (AvgIpc) is 2.99. The molecule has 272 valence electrons. The lowest BCUT2D eigenvalue weighted by Crippen LogP contribution is -2.55. The lowest BCUT2D eigenvalue weighted by molar-refractivity contribution is 0.267. The number of alkyl halides is 3. The van der Waals surface area contributed by atoms with E-state index in [0.717, 1.165) is 19.3 Å². The summed E-state index contributed by atoms with van der Waals surface area (Å²) < 4.78 is 15.1. The summed E-state index contributed by atoms with van der Waals surface area (Å²) in [4.78, 5) is -0.672. The van der Waals surface area contributed by atoms with Crippen molar-refractivity contribution in [3.8, 4) is 33.4 Å². The lowest BCUT2D eigenvalue weighted by Gasteiger charge is -2.48. The minimum Gasteiger partial charge on any atom is -0.253 e. The minimum atomic E-state index is -1.36. The molecule has 0 amide bonds. The van der Waals surface area contributed by atoms with E-state index in [1.165, 1.54) is 50.1 Å². The summed E-state index contributed by atoms with van der Waals surface area (Å²) >= 11 is 5.27. The first-order chi connectivity index (χ1) is 23.1. The summed E-state index contributed by atoms with van der Waals surface area (Å²) in [6.07, 6.45) is 2.73. The van der Waals surface area contributed by atoms with Crippen molar-refractivity contribution in [3.63, 3.8) is 0 Å². The van der Waals surface area contributed by atoms with Crippen LogP contribution in [-0.2, 0) is 19.3 Å². The van der Waals surface area contributed by atoms with Crippen LogP contribution >= 0.6 is 91.4 Å². The Balaban J connectivity index is 1.56. The predicted molar refractivity (Wildman–Crippen MR) is 267 cm³/mol. The molecule has 0 aliphatic heterocycles. The third-order valence-corrected chi connectivity index (χ3v) is 20.9. The van der Waals surface area contributed by atoms with Crippen molar-refractivity contribution >= 4 is 107 Å². The highest BCUT2D eigenvalue weighted by atomic mass is 127. The molecule has 10 heteroatoms. The minimum absolute atomic E-state index is 0.0461. The molecule has 0 heterocycles. The van der Waals surface area contributed by atoms with E-state index in [0.29, 0.717) is 0 Å². The molecule has 0 saturated carbocycles. The predicted octanol–water partition coefficient (Wildman–Crippen LogP) is 11.4. The maximum Gasteiger partial charge on any atom is 0.151 e. The first-order valence-corrected chi connectivity index (χ1v) is 22.6. The van der Waals surface area contributed by atoms with Crippen LogP contribution in [-0.4, -0.2) is 37.5 Å². The molecule has 0 aliphatic rings. The second kappa shape index (κ2) is 16.2. The van der Waals surface area contributed by atoms with E-state index in [9.17, 15) is 0 Å². The van der Waals surface area contributed by atoms with Gasteiger partial charge < -0.3 is 0 Å². The Bertz CT molecular complexity index is 1760. The van der Waals surface area contributed by atoms with E-state index in [-0.39, 0.29) is 22.2 Å². The summed E-state index contributed by atoms with van der Waals surface area (Å²) in [6.45, 7) is 15.6. The van der Waals surface area contributed by atoms with Gasteiger partial charge in [0.15, 0.2) is 7.85 Å². The van der Waals surface area contributed by atoms with Gasteiger partial charge in [0.1, 0.15) is 7.85 Å². The molecule has 0 aliphatic carbocycles. The third-order valence-electron chi connectivity index (χ3n) is 10.7. The van der Waals surface area contributed by atoms with Crippen molar-refractivity contribution in [2.45, 2.75) is 89.6 Å². The quantitative estimate of drug-likeness (QED) is 0.0608. The van der Waals surface area contributed by atoms with Crippen molar-refractivity contribution in [3.05, 3.63) is 108 Å². The molecular formula is C41H56B2FI2P5. The summed E-state index contributed by atoms with van der Waals surface area (Å²) in [5.74, 6) is 0. The fourth-order valence-electron chi connectivity index (χ4n) is 6.03. The number of benzene rings is 4. The van der Waals surface area contributed by atoms with Gasteiger partial charge in [-0.05, 0) is 92.1 Å². The van der Waals surface area contributed by atoms with E-state index in [2.05, 4.69) is 232 Å². The number of hydrogen-bond acceptors (Lipinski definition) is 0. The van der Waals surface area contributed by atoms with Crippen LogP contribution in [0.15, 0.2) is 91.0 Å². The Kier molecular flexibility index (Phi) is 14.1. The molecule has 0 spiro atoms. The normalized spacial score (nSPS) is 17.5. The van der Waals surface area contributed by atoms with Crippen LogP contribution in [0.1, 0.15) is 65.2 Å². The number of hydrogen-bond donors (Lipinski definition) is 0. The monoisotopic (exact) mass is 998 g/mol. The number of halogens is 3. The summed E-state index contributed by atoms with van der Waals surface area (Å²) in [5.41, 5.74) is 10.2. The van der Waals surface area contributed by atoms with E-state index >= 15 is 4.39 Å². The zero-order valence-electron chi connectivity index (χ0n) is 31.8. The van der Waals surface area contributed by atoms with Gasteiger partial charge in [-0.15, -0.1) is 46.2 Å². The maximum absolute atomic E-state index is 15.0. The maximum atomic E-state index is 15.0. The van der Waals surface area contributed by atoms with Crippen LogP contribution in [0.2, 0.25) is 0 Å². The van der Waals surface area contributed by atoms with Gasteiger partial charge in [-0.1, -0.05) is 178 Å². The van der Waals surface area contributed by atoms with Gasteiger partial charge in [-0.25, -0.2) is 0 Å². The molecule has 0 radical (unpaired) electrons. The molecule has 51 heavy (non-hydrogen) atoms. The highest BCUT2D eigenvalue weighted by Gasteiger charge is 2.48. The van der Waals surface area contributed by atoms with Crippen LogP contribution < -0.4 is 0 Å². The first kappa shape index (κ1) is 44.3. The Morgan fingerprint density at radius 3 is 1.06 bits per heavy atom. The highest BCUT2D eigenvalue weighted by Crippen LogP contribution is 2.52. The van der Waals surface area contributed by atoms with Crippen LogP contribution in [0.5, 0.6) is 0 Å². The van der Waals surface area contributed by atoms with Crippen molar-refractivity contribution in [1.29, 1.82) is 0 Å². The molecule has 0 fully saturated rings. The highest BCUT2D eigenvalue weighted by molar-refractivity contribution is 14.1. The molecule has 9 atom stereocenters. The second-order valence-electron chi connectivity index (χ2n) is 17.4. The standard InChI is InChI=1S/C41H56B2FI2P5/c1-35(2,3)39(45,48)24-27-20-28(25-40(46,49)36(4,5)6)22-34(21-27)33-18-16-32(17-19-33)31-14-12-30(13-15-31)29-10-8-26(9-11-29)23-38(43,47)41(50,51)37(7,42)44/h8-22H,23-25,42-43,47-51H2,1-7H3. The largest absolute Gasteiger partial charge is 0.253 e. The van der Waals surface area contributed by atoms with Gasteiger partial charge in [0.25, 0.3) is 0 Å². The van der Waals surface area contributed by atoms with E-state index in [1.807, 2.05) is 0 Å². The Morgan fingerprint density at radius 1 is 0.471 bits per heavy atom. The molecule has 9 unspecified atom stereocenters. The van der Waals surface area contributed by atoms with Gasteiger partial charge in [0, 0.05) is 11.2 Å². The molecule has 0 nitrogen and oxygen atoms in total. The van der Waals surface area contributed by atoms with E-state index in [1.54, 1.807) is 14.8 Å². The molecule has 0 aromatic heterocycles. The Labute approximate surface area is 349 Å². The number of rotatable bonds is 11. The fraction of sp³-hybridized carbons (Fsp3) is 0.415. The van der Waals surface area contributed by atoms with Crippen LogP contribution in [0.4, 0.5) is 4.39 Å². The van der Waals surface area contributed by atoms with Crippen molar-refractivity contribution < 1.29 is 4.39 Å². The molecular weight excluding hydrogens is 942 g/mol. The van der Waals surface area contributed by atoms with Crippen LogP contribution in [0, 0.1) is 10.8 Å². The summed E-state index contributed by atoms with van der Waals surface area (Å²) in [6, 6.07) is 33.8. The zero-order valence-corrected chi connectivity index (χ0v) is 41.9. The molecule has 0 saturated heterocycles. The van der Waals surface area contributed by atoms with Gasteiger partial charge >= 0.3 is 0 Å². The summed E-state index contributed by atoms with van der Waals surface area (Å²) in [7, 11) is 18.4. The summed E-state index contributed by atoms with van der Waals surface area (Å²) in [5, 5.41) is -0.353. The molecule has 0 bridgehead atoms. The van der Waals surface area contributed by atoms with Crippen molar-refractivity contribution in [1.82, 2.24) is 0 Å². The van der Waals surface area contributed by atoms with Crippen molar-refractivity contribution in [2.75, 3.05) is 0 Å². The Hall–Kier alpha value is 0.550. The van der Waals surface area contributed by atoms with E-state index in [4.69, 9.17) is 0 Å². The van der Waals surface area contributed by atoms with Gasteiger partial charge in [-0.2, -0.15) is 0 Å². The topological polar surface area (TPSA) is 0 Å². The van der Waals surface area contributed by atoms with Crippen molar-refractivity contribution in [2.24, 2.45) is 10.8 Å². The smallest absolute Gasteiger partial charge is 0.151 e. The average molecular weight is 998 g/mol. The molecule has 4 aromatic carbocycles. The SMILES string of the molecule is BC(C)(F)C(P)(P)C(B)(P)Cc1ccc(-c2ccc(-c3ccc(-c4cc(CC(P)(I)C(C)(C)C)cc(CC(P)(I)C(C)(C)C)c4)cc3)cc2)cc1. The van der Waals surface area contributed by atoms with Crippen LogP contribution in [0.3, 0.4) is 0 Å². The molecule has 0 N–H and O–H groups in total. The van der Waals surface area contributed by atoms with Gasteiger partial charge in [-0.3, -0.25) is 4.39 Å². The zero-order chi connectivity index (χ0) is 38.4. The van der Waals surface area contributed by atoms with Gasteiger partial charge in [0.05, 0.1) is 5.57 Å². The lowest BCUT2D eigenvalue weighted by atomic mass is 9.67. The third kappa shape index (κ3) is 10.7. The van der Waals surface area contributed by atoms with Gasteiger partial charge in [0.2, 0.25) is 0 Å². The second-order valence-corrected chi connectivity index (χ2v) is 29.3. The van der Waals surface area contributed by atoms with E-state index < -0.39 is 10.5 Å². The fourth-order valence-corrected chi connectivity index (χ4v) is 8.17. The first-order valence-electron chi connectivity index (χ1n) is 17.6. The molecule has 4 rings (SSSR count).